The molecule has 3 atom stereocenters. The van der Waals surface area contributed by atoms with Crippen molar-refractivity contribution in [2.75, 3.05) is 6.61 Å². The molecule has 0 aliphatic heterocycles. The summed E-state index contributed by atoms with van der Waals surface area (Å²) in [6, 6.07) is -0.790. The fraction of sp³-hybridized carbons (Fsp3) is 0.917. The summed E-state index contributed by atoms with van der Waals surface area (Å²) in [6.45, 7) is 4.16. The molecule has 0 radical (unpaired) electrons. The molecule has 0 rings (SSSR count). The number of hydrogen-bond donors (Lipinski definition) is 4. The molecule has 4 N–H and O–H groups in total. The molecule has 5 heteroatoms. The van der Waals surface area contributed by atoms with Gasteiger partial charge in [-0.05, 0) is 19.3 Å². The maximum absolute atomic E-state index is 12.4. The van der Waals surface area contributed by atoms with Crippen LogP contribution in [0.2, 0.25) is 0 Å². The molecular formula is C36H71NO4. The Morgan fingerprint density at radius 2 is 0.951 bits per heavy atom. The van der Waals surface area contributed by atoms with Crippen LogP contribution in [0.4, 0.5) is 0 Å². The molecule has 0 bridgehead atoms. The van der Waals surface area contributed by atoms with Crippen LogP contribution in [0.5, 0.6) is 0 Å². The molecule has 0 aliphatic rings. The molecule has 0 saturated carbocycles. The minimum atomic E-state index is -1.09. The summed E-state index contributed by atoms with van der Waals surface area (Å²) in [5.74, 6) is -0.504. The molecular weight excluding hydrogens is 510 g/mol. The van der Waals surface area contributed by atoms with E-state index in [0.29, 0.717) is 6.42 Å². The number of carbonyl (C=O) groups excluding carboxylic acids is 1. The number of aliphatic hydroxyl groups is 3. The topological polar surface area (TPSA) is 89.8 Å². The van der Waals surface area contributed by atoms with Gasteiger partial charge in [-0.2, -0.15) is 0 Å². The Morgan fingerprint density at radius 1 is 0.585 bits per heavy atom. The summed E-state index contributed by atoms with van der Waals surface area (Å²) in [5.41, 5.74) is 0. The highest BCUT2D eigenvalue weighted by atomic mass is 16.3. The number of amides is 1. The Labute approximate surface area is 255 Å². The molecule has 41 heavy (non-hydrogen) atoms. The second kappa shape index (κ2) is 32.0. The van der Waals surface area contributed by atoms with E-state index in [1.165, 1.54) is 135 Å². The Balaban J connectivity index is 3.74. The first-order valence-electron chi connectivity index (χ1n) is 18.0. The van der Waals surface area contributed by atoms with Gasteiger partial charge in [0.1, 0.15) is 6.10 Å². The van der Waals surface area contributed by atoms with E-state index in [1.54, 1.807) is 6.08 Å². The highest BCUT2D eigenvalue weighted by Gasteiger charge is 2.22. The van der Waals surface area contributed by atoms with Crippen molar-refractivity contribution in [1.29, 1.82) is 0 Å². The molecule has 0 saturated heterocycles. The van der Waals surface area contributed by atoms with Crippen molar-refractivity contribution < 1.29 is 20.1 Å². The maximum atomic E-state index is 12.4. The van der Waals surface area contributed by atoms with Gasteiger partial charge < -0.3 is 20.6 Å². The van der Waals surface area contributed by atoms with E-state index in [2.05, 4.69) is 19.2 Å². The summed E-state index contributed by atoms with van der Waals surface area (Å²) in [7, 11) is 0. The van der Waals surface area contributed by atoms with Gasteiger partial charge in [0.05, 0.1) is 18.8 Å². The minimum Gasteiger partial charge on any atom is -0.394 e. The van der Waals surface area contributed by atoms with E-state index in [4.69, 9.17) is 0 Å². The number of allylic oxidation sites excluding steroid dienone is 1. The van der Waals surface area contributed by atoms with Crippen LogP contribution in [-0.4, -0.2) is 46.1 Å². The molecule has 0 spiro atoms. The third-order valence-corrected chi connectivity index (χ3v) is 8.38. The normalized spacial score (nSPS) is 14.0. The maximum Gasteiger partial charge on any atom is 0.249 e. The zero-order chi connectivity index (χ0) is 30.2. The van der Waals surface area contributed by atoms with Crippen molar-refractivity contribution >= 4 is 5.91 Å². The third kappa shape index (κ3) is 27.7. The molecule has 244 valence electrons. The molecule has 0 aromatic heterocycles. The van der Waals surface area contributed by atoms with Gasteiger partial charge in [-0.3, -0.25) is 4.79 Å². The van der Waals surface area contributed by atoms with Crippen LogP contribution in [0, 0.1) is 0 Å². The first kappa shape index (κ1) is 40.1. The van der Waals surface area contributed by atoms with Gasteiger partial charge in [0.25, 0.3) is 0 Å². The highest BCUT2D eigenvalue weighted by molar-refractivity contribution is 5.80. The van der Waals surface area contributed by atoms with Crippen molar-refractivity contribution in [3.63, 3.8) is 0 Å². The summed E-state index contributed by atoms with van der Waals surface area (Å²) < 4.78 is 0. The second-order valence-electron chi connectivity index (χ2n) is 12.4. The van der Waals surface area contributed by atoms with Crippen LogP contribution in [-0.2, 0) is 4.79 Å². The zero-order valence-electron chi connectivity index (χ0n) is 27.4. The Morgan fingerprint density at radius 3 is 1.34 bits per heavy atom. The largest absolute Gasteiger partial charge is 0.394 e. The van der Waals surface area contributed by atoms with Crippen LogP contribution in [0.1, 0.15) is 187 Å². The van der Waals surface area contributed by atoms with E-state index in [-0.39, 0.29) is 6.61 Å². The Bertz CT molecular complexity index is 568. The van der Waals surface area contributed by atoms with Crippen molar-refractivity contribution in [1.82, 2.24) is 5.32 Å². The van der Waals surface area contributed by atoms with Crippen molar-refractivity contribution in [2.24, 2.45) is 0 Å². The van der Waals surface area contributed by atoms with E-state index >= 15 is 0 Å². The summed E-state index contributed by atoms with van der Waals surface area (Å²) in [6.07, 6.45) is 35.1. The minimum absolute atomic E-state index is 0.360. The molecule has 0 aromatic carbocycles. The van der Waals surface area contributed by atoms with Crippen LogP contribution in [0.25, 0.3) is 0 Å². The monoisotopic (exact) mass is 582 g/mol. The van der Waals surface area contributed by atoms with E-state index < -0.39 is 24.2 Å². The number of hydrogen-bond acceptors (Lipinski definition) is 4. The lowest BCUT2D eigenvalue weighted by Gasteiger charge is -2.21. The highest BCUT2D eigenvalue weighted by Crippen LogP contribution is 2.15. The van der Waals surface area contributed by atoms with Gasteiger partial charge in [0, 0.05) is 0 Å². The van der Waals surface area contributed by atoms with E-state index in [9.17, 15) is 20.1 Å². The van der Waals surface area contributed by atoms with E-state index in [0.717, 1.165) is 32.1 Å². The second-order valence-corrected chi connectivity index (χ2v) is 12.4. The average Bonchev–Trinajstić information content (AvgIpc) is 2.98. The SMILES string of the molecule is CCCCCCCCCCCCCCC/C=C/[C@@H](O)[C@H](CO)NC(=O)[C@@H](O)CCCCCCCCCCCCCC. The van der Waals surface area contributed by atoms with Gasteiger partial charge in [-0.15, -0.1) is 0 Å². The number of aliphatic hydroxyl groups excluding tert-OH is 3. The first-order chi connectivity index (χ1) is 20.1. The van der Waals surface area contributed by atoms with Gasteiger partial charge in [0.15, 0.2) is 0 Å². The predicted molar refractivity (Wildman–Crippen MR) is 176 cm³/mol. The average molecular weight is 582 g/mol. The Kier molecular flexibility index (Phi) is 31.3. The number of nitrogens with one attached hydrogen (secondary N) is 1. The predicted octanol–water partition coefficient (Wildman–Crippen LogP) is 9.31. The van der Waals surface area contributed by atoms with Gasteiger partial charge in [-0.25, -0.2) is 0 Å². The molecule has 0 fully saturated rings. The zero-order valence-corrected chi connectivity index (χ0v) is 27.4. The Hall–Kier alpha value is -0.910. The van der Waals surface area contributed by atoms with Crippen LogP contribution < -0.4 is 5.32 Å². The van der Waals surface area contributed by atoms with Crippen LogP contribution >= 0.6 is 0 Å². The van der Waals surface area contributed by atoms with Gasteiger partial charge in [0.2, 0.25) is 5.91 Å². The molecule has 5 nitrogen and oxygen atoms in total. The summed E-state index contributed by atoms with van der Waals surface area (Å²) in [5, 5.41) is 32.9. The van der Waals surface area contributed by atoms with Crippen molar-refractivity contribution in [2.45, 2.75) is 205 Å². The lowest BCUT2D eigenvalue weighted by molar-refractivity contribution is -0.131. The molecule has 1 amide bonds. The molecule has 0 aromatic rings. The fourth-order valence-electron chi connectivity index (χ4n) is 5.48. The molecule has 0 heterocycles. The summed E-state index contributed by atoms with van der Waals surface area (Å²) in [4.78, 5) is 12.4. The van der Waals surface area contributed by atoms with Crippen molar-refractivity contribution in [3.8, 4) is 0 Å². The van der Waals surface area contributed by atoms with Crippen molar-refractivity contribution in [3.05, 3.63) is 12.2 Å². The number of rotatable bonds is 32. The number of carbonyl (C=O) groups is 1. The lowest BCUT2D eigenvalue weighted by Crippen LogP contribution is -2.48. The smallest absolute Gasteiger partial charge is 0.249 e. The van der Waals surface area contributed by atoms with Gasteiger partial charge >= 0.3 is 0 Å². The molecule has 0 aliphatic carbocycles. The van der Waals surface area contributed by atoms with Crippen LogP contribution in [0.3, 0.4) is 0 Å². The van der Waals surface area contributed by atoms with Gasteiger partial charge in [-0.1, -0.05) is 180 Å². The summed E-state index contributed by atoms with van der Waals surface area (Å²) >= 11 is 0. The first-order valence-corrected chi connectivity index (χ1v) is 18.0. The third-order valence-electron chi connectivity index (χ3n) is 8.38. The quantitative estimate of drug-likeness (QED) is 0.0471. The molecule has 0 unspecified atom stereocenters. The van der Waals surface area contributed by atoms with Crippen LogP contribution in [0.15, 0.2) is 12.2 Å². The fourth-order valence-corrected chi connectivity index (χ4v) is 5.48. The standard InChI is InChI=1S/C36H71NO4/c1-3-5-7-9-11-13-15-17-18-19-21-22-24-26-28-30-34(39)33(32-38)37-36(41)35(40)31-29-27-25-23-20-16-14-12-10-8-6-4-2/h28,30,33-35,38-40H,3-27,29,31-32H2,1-2H3,(H,37,41)/b30-28+/t33-,34+,35-/m0/s1. The number of unbranched alkanes of at least 4 members (excludes halogenated alkanes) is 24. The lowest BCUT2D eigenvalue weighted by atomic mass is 10.0. The van der Waals surface area contributed by atoms with E-state index in [1.807, 2.05) is 6.08 Å².